The van der Waals surface area contributed by atoms with Crippen LogP contribution in [0, 0.1) is 23.5 Å². The maximum Gasteiger partial charge on any atom is 0.257 e. The summed E-state index contributed by atoms with van der Waals surface area (Å²) in [6.45, 7) is 5.02. The lowest BCUT2D eigenvalue weighted by Crippen LogP contribution is -2.42. The molecule has 164 valence electrons. The molecule has 1 fully saturated rings. The second kappa shape index (κ2) is 8.25. The Morgan fingerprint density at radius 2 is 1.77 bits per heavy atom. The third-order valence-electron chi connectivity index (χ3n) is 5.22. The van der Waals surface area contributed by atoms with Gasteiger partial charge in [0.25, 0.3) is 5.91 Å². The van der Waals surface area contributed by atoms with Crippen LogP contribution in [-0.4, -0.2) is 36.7 Å². The number of hydrogen-bond acceptors (Lipinski definition) is 5. The molecule has 3 aromatic rings. The predicted molar refractivity (Wildman–Crippen MR) is 116 cm³/mol. The van der Waals surface area contributed by atoms with Gasteiger partial charge < -0.3 is 0 Å². The summed E-state index contributed by atoms with van der Waals surface area (Å²) in [7, 11) is -3.64. The predicted octanol–water partition coefficient (Wildman–Crippen LogP) is 4.49. The molecule has 1 aliphatic rings. The summed E-state index contributed by atoms with van der Waals surface area (Å²) in [5, 5.41) is 2.67. The zero-order chi connectivity index (χ0) is 22.3. The lowest BCUT2D eigenvalue weighted by Gasteiger charge is -2.34. The quantitative estimate of drug-likeness (QED) is 0.616. The summed E-state index contributed by atoms with van der Waals surface area (Å²) in [6.07, 6.45) is 0.993. The summed E-state index contributed by atoms with van der Waals surface area (Å²) in [6, 6.07) is 7.53. The second-order valence-electron chi connectivity index (χ2n) is 8.00. The van der Waals surface area contributed by atoms with Crippen LogP contribution >= 0.6 is 11.3 Å². The van der Waals surface area contributed by atoms with Gasteiger partial charge in [0.05, 0.1) is 9.60 Å². The van der Waals surface area contributed by atoms with Gasteiger partial charge in [0.15, 0.2) is 10.9 Å². The van der Waals surface area contributed by atoms with E-state index < -0.39 is 27.6 Å². The van der Waals surface area contributed by atoms with E-state index in [9.17, 15) is 22.0 Å². The topological polar surface area (TPSA) is 79.4 Å². The highest BCUT2D eigenvalue weighted by molar-refractivity contribution is 7.89. The van der Waals surface area contributed by atoms with E-state index in [1.807, 2.05) is 13.8 Å². The minimum absolute atomic E-state index is 0.0203. The SMILES string of the molecule is C[C@@H]1C[C@@H](C)CN(S(=O)(=O)c2ccc(C(=O)Nc3nc4c(F)cc(F)cc4s3)cc2)C1. The van der Waals surface area contributed by atoms with Crippen molar-refractivity contribution in [3.05, 3.63) is 53.6 Å². The lowest BCUT2D eigenvalue weighted by atomic mass is 9.94. The highest BCUT2D eigenvalue weighted by Crippen LogP contribution is 2.30. The van der Waals surface area contributed by atoms with Crippen LogP contribution in [0.4, 0.5) is 13.9 Å². The Kier molecular flexibility index (Phi) is 5.80. The largest absolute Gasteiger partial charge is 0.298 e. The van der Waals surface area contributed by atoms with Crippen molar-refractivity contribution < 1.29 is 22.0 Å². The zero-order valence-corrected chi connectivity index (χ0v) is 18.6. The Hall–Kier alpha value is -2.43. The first-order chi connectivity index (χ1) is 14.6. The molecule has 0 spiro atoms. The number of nitrogens with zero attached hydrogens (tertiary/aromatic N) is 2. The van der Waals surface area contributed by atoms with Crippen molar-refractivity contribution in [1.29, 1.82) is 0 Å². The maximum absolute atomic E-state index is 13.8. The average Bonchev–Trinajstić information content (AvgIpc) is 3.10. The molecule has 10 heteroatoms. The van der Waals surface area contributed by atoms with E-state index in [1.165, 1.54) is 28.6 Å². The van der Waals surface area contributed by atoms with Crippen molar-refractivity contribution in [2.45, 2.75) is 25.2 Å². The van der Waals surface area contributed by atoms with Crippen LogP contribution in [0.15, 0.2) is 41.3 Å². The third-order valence-corrected chi connectivity index (χ3v) is 7.99. The van der Waals surface area contributed by atoms with Gasteiger partial charge >= 0.3 is 0 Å². The molecular formula is C21H21F2N3O3S2. The summed E-state index contributed by atoms with van der Waals surface area (Å²) in [5.41, 5.74) is 0.207. The number of anilines is 1. The number of rotatable bonds is 4. The van der Waals surface area contributed by atoms with E-state index >= 15 is 0 Å². The number of fused-ring (bicyclic) bond motifs is 1. The molecule has 1 aromatic heterocycles. The fourth-order valence-electron chi connectivity index (χ4n) is 3.91. The van der Waals surface area contributed by atoms with E-state index in [1.54, 1.807) is 0 Å². The first-order valence-electron chi connectivity index (χ1n) is 9.80. The van der Waals surface area contributed by atoms with E-state index in [4.69, 9.17) is 0 Å². The molecule has 1 saturated heterocycles. The van der Waals surface area contributed by atoms with Gasteiger partial charge in [0.1, 0.15) is 11.3 Å². The van der Waals surface area contributed by atoms with Gasteiger partial charge in [-0.2, -0.15) is 4.31 Å². The number of sulfonamides is 1. The van der Waals surface area contributed by atoms with Gasteiger partial charge in [-0.05, 0) is 48.6 Å². The molecule has 1 N–H and O–H groups in total. The summed E-state index contributed by atoms with van der Waals surface area (Å²) in [4.78, 5) is 16.6. The van der Waals surface area contributed by atoms with Crippen LogP contribution in [0.2, 0.25) is 0 Å². The van der Waals surface area contributed by atoms with Gasteiger partial charge in [-0.25, -0.2) is 22.2 Å². The first kappa shape index (κ1) is 21.8. The Labute approximate surface area is 183 Å². The lowest BCUT2D eigenvalue weighted by molar-refractivity contribution is 0.102. The van der Waals surface area contributed by atoms with Crippen molar-refractivity contribution in [2.24, 2.45) is 11.8 Å². The molecule has 2 heterocycles. The fraction of sp³-hybridized carbons (Fsp3) is 0.333. The number of piperidine rings is 1. The van der Waals surface area contributed by atoms with Crippen molar-refractivity contribution in [2.75, 3.05) is 18.4 Å². The number of aromatic nitrogens is 1. The Balaban J connectivity index is 1.51. The van der Waals surface area contributed by atoms with E-state index in [0.717, 1.165) is 29.9 Å². The number of carbonyl (C=O) groups is 1. The number of hydrogen-bond donors (Lipinski definition) is 1. The standard InChI is InChI=1S/C21H21F2N3O3S2/c1-12-7-13(2)11-26(10-12)31(28,29)16-5-3-14(4-6-16)20(27)25-21-24-19-17(23)8-15(22)9-18(19)30-21/h3-6,8-9,12-13H,7,10-11H2,1-2H3,(H,24,25,27)/t12-,13-/m1/s1. The molecule has 0 bridgehead atoms. The Bertz CT molecular complexity index is 1230. The van der Waals surface area contributed by atoms with Crippen LogP contribution in [0.25, 0.3) is 10.2 Å². The maximum atomic E-state index is 13.8. The highest BCUT2D eigenvalue weighted by Gasteiger charge is 2.31. The molecule has 2 atom stereocenters. The van der Waals surface area contributed by atoms with Gasteiger partial charge in [0, 0.05) is 24.7 Å². The number of amides is 1. The van der Waals surface area contributed by atoms with Gasteiger partial charge in [-0.15, -0.1) is 0 Å². The molecule has 2 aromatic carbocycles. The number of nitrogens with one attached hydrogen (secondary N) is 1. The number of thiazole rings is 1. The van der Waals surface area contributed by atoms with Crippen LogP contribution in [-0.2, 0) is 10.0 Å². The molecular weight excluding hydrogens is 444 g/mol. The molecule has 0 radical (unpaired) electrons. The molecule has 0 aliphatic carbocycles. The van der Waals surface area contributed by atoms with Crippen molar-refractivity contribution in [3.8, 4) is 0 Å². The van der Waals surface area contributed by atoms with Crippen molar-refractivity contribution in [1.82, 2.24) is 9.29 Å². The fourth-order valence-corrected chi connectivity index (χ4v) is 6.49. The highest BCUT2D eigenvalue weighted by atomic mass is 32.2. The number of benzene rings is 2. The van der Waals surface area contributed by atoms with E-state index in [2.05, 4.69) is 10.3 Å². The molecule has 1 aliphatic heterocycles. The van der Waals surface area contributed by atoms with E-state index in [-0.39, 0.29) is 37.6 Å². The molecule has 0 saturated carbocycles. The molecule has 4 rings (SSSR count). The molecule has 31 heavy (non-hydrogen) atoms. The average molecular weight is 466 g/mol. The summed E-state index contributed by atoms with van der Waals surface area (Å²) >= 11 is 0.950. The van der Waals surface area contributed by atoms with Crippen LogP contribution in [0.5, 0.6) is 0 Å². The normalized spacial score (nSPS) is 20.1. The summed E-state index contributed by atoms with van der Waals surface area (Å²) < 4.78 is 54.8. The van der Waals surface area contributed by atoms with Crippen LogP contribution < -0.4 is 5.32 Å². The smallest absolute Gasteiger partial charge is 0.257 e. The van der Waals surface area contributed by atoms with Crippen molar-refractivity contribution in [3.63, 3.8) is 0 Å². The monoisotopic (exact) mass is 465 g/mol. The van der Waals surface area contributed by atoms with Crippen LogP contribution in [0.3, 0.4) is 0 Å². The summed E-state index contributed by atoms with van der Waals surface area (Å²) in [5.74, 6) is -1.47. The second-order valence-corrected chi connectivity index (χ2v) is 11.0. The van der Waals surface area contributed by atoms with Crippen LogP contribution in [0.1, 0.15) is 30.6 Å². The minimum atomic E-state index is -3.64. The van der Waals surface area contributed by atoms with E-state index in [0.29, 0.717) is 13.1 Å². The number of carbonyl (C=O) groups excluding carboxylic acids is 1. The zero-order valence-electron chi connectivity index (χ0n) is 16.9. The molecule has 6 nitrogen and oxygen atoms in total. The third kappa shape index (κ3) is 4.46. The Morgan fingerprint density at radius 3 is 2.42 bits per heavy atom. The number of halogens is 2. The van der Waals surface area contributed by atoms with Crippen molar-refractivity contribution >= 4 is 42.6 Å². The molecule has 1 amide bonds. The van der Waals surface area contributed by atoms with Gasteiger partial charge in [0.2, 0.25) is 10.0 Å². The first-order valence-corrected chi connectivity index (χ1v) is 12.1. The minimum Gasteiger partial charge on any atom is -0.298 e. The van der Waals surface area contributed by atoms with Gasteiger partial charge in [-0.1, -0.05) is 25.2 Å². The molecule has 0 unspecified atom stereocenters. The Morgan fingerprint density at radius 1 is 1.13 bits per heavy atom. The van der Waals surface area contributed by atoms with Gasteiger partial charge in [-0.3, -0.25) is 10.1 Å².